The van der Waals surface area contributed by atoms with Gasteiger partial charge in [-0.3, -0.25) is 4.90 Å². The summed E-state index contributed by atoms with van der Waals surface area (Å²) < 4.78 is 45.4. The molecule has 1 saturated heterocycles. The summed E-state index contributed by atoms with van der Waals surface area (Å²) in [6.07, 6.45) is -2.82. The fourth-order valence-electron chi connectivity index (χ4n) is 2.85. The molecule has 1 aromatic carbocycles. The van der Waals surface area contributed by atoms with Gasteiger partial charge < -0.3 is 9.73 Å². The standard InChI is InChI=1S/C16H16BrF3N2O.ClH/c17-13-4-3-11(16(18,19)20)10-12(13)15(14-2-1-9-23-14)22-7-5-21-6-8-22;/h1-4,9-10,15,21H,5-8H2;1H/t15-;/m1./s1. The number of alkyl halides is 3. The Morgan fingerprint density at radius 2 is 1.88 bits per heavy atom. The molecule has 0 spiro atoms. The van der Waals surface area contributed by atoms with E-state index in [0.29, 0.717) is 15.8 Å². The van der Waals surface area contributed by atoms with Gasteiger partial charge >= 0.3 is 6.18 Å². The van der Waals surface area contributed by atoms with Crippen molar-refractivity contribution in [1.29, 1.82) is 0 Å². The third-order valence-corrected chi connectivity index (χ3v) is 4.67. The van der Waals surface area contributed by atoms with E-state index in [1.807, 2.05) is 0 Å². The van der Waals surface area contributed by atoms with Crippen molar-refractivity contribution in [3.05, 3.63) is 58.0 Å². The lowest BCUT2D eigenvalue weighted by atomic mass is 9.99. The number of halogens is 5. The summed E-state index contributed by atoms with van der Waals surface area (Å²) in [6, 6.07) is 6.97. The Balaban J connectivity index is 0.00000208. The molecule has 3 rings (SSSR count). The lowest BCUT2D eigenvalue weighted by Gasteiger charge is -2.34. The number of hydrogen-bond acceptors (Lipinski definition) is 3. The molecular formula is C16H17BrClF3N2O. The second-order valence-corrected chi connectivity index (χ2v) is 6.29. The minimum Gasteiger partial charge on any atom is -0.467 e. The lowest BCUT2D eigenvalue weighted by molar-refractivity contribution is -0.137. The SMILES string of the molecule is Cl.FC(F)(F)c1ccc(Br)c([C@H](c2ccco2)N2CCNCC2)c1. The van der Waals surface area contributed by atoms with E-state index < -0.39 is 11.7 Å². The first-order valence-corrected chi connectivity index (χ1v) is 8.11. The Morgan fingerprint density at radius 1 is 1.17 bits per heavy atom. The molecule has 1 aliphatic heterocycles. The van der Waals surface area contributed by atoms with Crippen LogP contribution in [0.5, 0.6) is 0 Å². The molecule has 0 aliphatic carbocycles. The van der Waals surface area contributed by atoms with Crippen LogP contribution in [0, 0.1) is 0 Å². The lowest BCUT2D eigenvalue weighted by Crippen LogP contribution is -2.45. The highest BCUT2D eigenvalue weighted by molar-refractivity contribution is 9.10. The van der Waals surface area contributed by atoms with Crippen molar-refractivity contribution in [3.63, 3.8) is 0 Å². The molecule has 3 nitrogen and oxygen atoms in total. The Labute approximate surface area is 152 Å². The van der Waals surface area contributed by atoms with Crippen LogP contribution in [-0.2, 0) is 6.18 Å². The molecule has 0 radical (unpaired) electrons. The van der Waals surface area contributed by atoms with E-state index >= 15 is 0 Å². The van der Waals surface area contributed by atoms with Crippen LogP contribution in [0.4, 0.5) is 13.2 Å². The van der Waals surface area contributed by atoms with E-state index in [1.165, 1.54) is 12.1 Å². The van der Waals surface area contributed by atoms with Gasteiger partial charge in [0.05, 0.1) is 17.9 Å². The van der Waals surface area contributed by atoms with Gasteiger partial charge in [0.1, 0.15) is 5.76 Å². The molecule has 0 saturated carbocycles. The van der Waals surface area contributed by atoms with Crippen molar-refractivity contribution in [2.24, 2.45) is 0 Å². The highest BCUT2D eigenvalue weighted by Crippen LogP contribution is 2.38. The Hall–Kier alpha value is -1.02. The average molecular weight is 426 g/mol. The summed E-state index contributed by atoms with van der Waals surface area (Å²) in [5, 5.41) is 3.25. The summed E-state index contributed by atoms with van der Waals surface area (Å²) >= 11 is 3.40. The summed E-state index contributed by atoms with van der Waals surface area (Å²) in [5.74, 6) is 0.645. The van der Waals surface area contributed by atoms with E-state index in [4.69, 9.17) is 4.42 Å². The van der Waals surface area contributed by atoms with Crippen molar-refractivity contribution in [2.45, 2.75) is 12.2 Å². The number of hydrogen-bond donors (Lipinski definition) is 1. The Morgan fingerprint density at radius 3 is 2.46 bits per heavy atom. The van der Waals surface area contributed by atoms with Crippen LogP contribution in [-0.4, -0.2) is 31.1 Å². The summed E-state index contributed by atoms with van der Waals surface area (Å²) in [5.41, 5.74) is -0.0842. The first-order chi connectivity index (χ1) is 11.0. The largest absolute Gasteiger partial charge is 0.467 e. The zero-order chi connectivity index (χ0) is 16.4. The Bertz CT molecular complexity index is 658. The number of rotatable bonds is 3. The van der Waals surface area contributed by atoms with Gasteiger partial charge in [-0.25, -0.2) is 0 Å². The highest BCUT2D eigenvalue weighted by Gasteiger charge is 2.34. The molecule has 1 aromatic heterocycles. The van der Waals surface area contributed by atoms with E-state index in [-0.39, 0.29) is 18.4 Å². The highest BCUT2D eigenvalue weighted by atomic mass is 79.9. The van der Waals surface area contributed by atoms with Crippen molar-refractivity contribution in [1.82, 2.24) is 10.2 Å². The predicted octanol–water partition coefficient (Wildman–Crippen LogP) is 4.48. The zero-order valence-corrected chi connectivity index (χ0v) is 15.0. The summed E-state index contributed by atoms with van der Waals surface area (Å²) in [7, 11) is 0. The number of furan rings is 1. The monoisotopic (exact) mass is 424 g/mol. The van der Waals surface area contributed by atoms with E-state index in [9.17, 15) is 13.2 Å². The van der Waals surface area contributed by atoms with E-state index in [2.05, 4.69) is 26.1 Å². The van der Waals surface area contributed by atoms with Crippen LogP contribution >= 0.6 is 28.3 Å². The number of piperazine rings is 1. The van der Waals surface area contributed by atoms with Gasteiger partial charge in [-0.05, 0) is 35.9 Å². The van der Waals surface area contributed by atoms with Gasteiger partial charge in [0.15, 0.2) is 0 Å². The summed E-state index contributed by atoms with van der Waals surface area (Å²) in [4.78, 5) is 2.13. The predicted molar refractivity (Wildman–Crippen MR) is 91.4 cm³/mol. The maximum Gasteiger partial charge on any atom is 0.416 e. The van der Waals surface area contributed by atoms with Gasteiger partial charge in [-0.15, -0.1) is 12.4 Å². The molecule has 1 fully saturated rings. The van der Waals surface area contributed by atoms with Crippen molar-refractivity contribution in [2.75, 3.05) is 26.2 Å². The molecule has 1 atom stereocenters. The fraction of sp³-hybridized carbons (Fsp3) is 0.375. The first kappa shape index (κ1) is 19.3. The quantitative estimate of drug-likeness (QED) is 0.786. The molecule has 2 aromatic rings. The van der Waals surface area contributed by atoms with Crippen molar-refractivity contribution < 1.29 is 17.6 Å². The van der Waals surface area contributed by atoms with Crippen molar-refractivity contribution >= 4 is 28.3 Å². The number of benzene rings is 1. The second kappa shape index (κ2) is 7.91. The van der Waals surface area contributed by atoms with Crippen molar-refractivity contribution in [3.8, 4) is 0 Å². The fourth-order valence-corrected chi connectivity index (χ4v) is 3.31. The molecular weight excluding hydrogens is 409 g/mol. The molecule has 0 amide bonds. The van der Waals surface area contributed by atoms with Gasteiger partial charge in [0, 0.05) is 30.7 Å². The normalized spacial score (nSPS) is 17.3. The molecule has 8 heteroatoms. The van der Waals surface area contributed by atoms with E-state index in [0.717, 1.165) is 32.2 Å². The van der Waals surface area contributed by atoms with Crippen LogP contribution in [0.25, 0.3) is 0 Å². The third kappa shape index (κ3) is 4.14. The zero-order valence-electron chi connectivity index (χ0n) is 12.6. The average Bonchev–Trinajstić information content (AvgIpc) is 3.03. The van der Waals surface area contributed by atoms with Gasteiger partial charge in [-0.2, -0.15) is 13.2 Å². The van der Waals surface area contributed by atoms with Crippen LogP contribution in [0.3, 0.4) is 0 Å². The van der Waals surface area contributed by atoms with Gasteiger partial charge in [0.25, 0.3) is 0 Å². The molecule has 1 N–H and O–H groups in total. The van der Waals surface area contributed by atoms with Crippen LogP contribution in [0.2, 0.25) is 0 Å². The topological polar surface area (TPSA) is 28.4 Å². The van der Waals surface area contributed by atoms with Crippen LogP contribution in [0.15, 0.2) is 45.5 Å². The Kier molecular flexibility index (Phi) is 6.36. The van der Waals surface area contributed by atoms with Crippen LogP contribution in [0.1, 0.15) is 22.9 Å². The van der Waals surface area contributed by atoms with Gasteiger partial charge in [-0.1, -0.05) is 15.9 Å². The maximum atomic E-state index is 13.1. The number of nitrogens with one attached hydrogen (secondary N) is 1. The smallest absolute Gasteiger partial charge is 0.416 e. The molecule has 0 unspecified atom stereocenters. The maximum absolute atomic E-state index is 13.1. The minimum atomic E-state index is -4.37. The summed E-state index contributed by atoms with van der Waals surface area (Å²) in [6.45, 7) is 3.09. The molecule has 0 bridgehead atoms. The van der Waals surface area contributed by atoms with Gasteiger partial charge in [0.2, 0.25) is 0 Å². The first-order valence-electron chi connectivity index (χ1n) is 7.31. The second-order valence-electron chi connectivity index (χ2n) is 5.44. The van der Waals surface area contributed by atoms with E-state index in [1.54, 1.807) is 18.4 Å². The minimum absolute atomic E-state index is 0. The molecule has 2 heterocycles. The molecule has 24 heavy (non-hydrogen) atoms. The molecule has 132 valence electrons. The number of nitrogens with zero attached hydrogens (tertiary/aromatic N) is 1. The molecule has 1 aliphatic rings. The third-order valence-electron chi connectivity index (χ3n) is 3.95. The van der Waals surface area contributed by atoms with Crippen LogP contribution < -0.4 is 5.32 Å².